The molecule has 184 valence electrons. The molecule has 0 atom stereocenters. The van der Waals surface area contributed by atoms with Crippen LogP contribution in [0.2, 0.25) is 0 Å². The average molecular weight is 505 g/mol. The van der Waals surface area contributed by atoms with Gasteiger partial charge in [0.25, 0.3) is 0 Å². The smallest absolute Gasteiger partial charge is 0.166 e. The quantitative estimate of drug-likeness (QED) is 0.287. The molecular formula is C31H20N8. The third-order valence-electron chi connectivity index (χ3n) is 6.96. The average Bonchev–Trinajstić information content (AvgIpc) is 3.74. The first kappa shape index (κ1) is 21.5. The molecule has 0 N–H and O–H groups in total. The summed E-state index contributed by atoms with van der Waals surface area (Å²) >= 11 is 0. The van der Waals surface area contributed by atoms with Crippen LogP contribution in [0.4, 0.5) is 0 Å². The van der Waals surface area contributed by atoms with Gasteiger partial charge >= 0.3 is 0 Å². The molecule has 4 aromatic heterocycles. The van der Waals surface area contributed by atoms with E-state index in [2.05, 4.69) is 31.7 Å². The molecule has 4 aromatic carbocycles. The van der Waals surface area contributed by atoms with Crippen LogP contribution < -0.4 is 0 Å². The highest BCUT2D eigenvalue weighted by molar-refractivity contribution is 5.82. The largest absolute Gasteiger partial charge is 0.298 e. The molecule has 0 saturated carbocycles. The predicted octanol–water partition coefficient (Wildman–Crippen LogP) is 6.16. The lowest BCUT2D eigenvalue weighted by Crippen LogP contribution is -2.06. The van der Waals surface area contributed by atoms with Crippen LogP contribution >= 0.6 is 0 Å². The lowest BCUT2D eigenvalue weighted by molar-refractivity contribution is 0.949. The summed E-state index contributed by atoms with van der Waals surface area (Å²) in [4.78, 5) is 24.0. The third-order valence-corrected chi connectivity index (χ3v) is 6.96. The molecular weight excluding hydrogens is 484 g/mol. The second kappa shape index (κ2) is 8.46. The molecule has 8 aromatic rings. The number of para-hydroxylation sites is 7. The van der Waals surface area contributed by atoms with Crippen LogP contribution in [0.25, 0.3) is 61.8 Å². The van der Waals surface area contributed by atoms with E-state index in [9.17, 15) is 0 Å². The van der Waals surface area contributed by atoms with Gasteiger partial charge in [-0.1, -0.05) is 48.5 Å². The Bertz CT molecular complexity index is 2060. The third kappa shape index (κ3) is 3.42. The van der Waals surface area contributed by atoms with E-state index in [0.29, 0.717) is 17.5 Å². The highest BCUT2D eigenvalue weighted by Gasteiger charge is 2.17. The molecule has 0 amide bonds. The van der Waals surface area contributed by atoms with Gasteiger partial charge in [-0.15, -0.1) is 0 Å². The van der Waals surface area contributed by atoms with Gasteiger partial charge in [-0.25, -0.2) is 24.9 Å². The van der Waals surface area contributed by atoms with E-state index in [1.54, 1.807) is 0 Å². The topological polar surface area (TPSA) is 79.2 Å². The van der Waals surface area contributed by atoms with E-state index >= 15 is 0 Å². The minimum absolute atomic E-state index is 0.589. The summed E-state index contributed by atoms with van der Waals surface area (Å²) in [5.41, 5.74) is 7.52. The second-order valence-corrected chi connectivity index (χ2v) is 9.23. The van der Waals surface area contributed by atoms with Crippen LogP contribution in [0.1, 0.15) is 0 Å². The van der Waals surface area contributed by atoms with Crippen molar-refractivity contribution < 1.29 is 0 Å². The van der Waals surface area contributed by atoms with Crippen molar-refractivity contribution in [3.05, 3.63) is 122 Å². The Kier molecular flexibility index (Phi) is 4.65. The van der Waals surface area contributed by atoms with Gasteiger partial charge in [0.05, 0.1) is 38.8 Å². The molecule has 39 heavy (non-hydrogen) atoms. The number of hydrogen-bond donors (Lipinski definition) is 0. The monoisotopic (exact) mass is 504 g/mol. The van der Waals surface area contributed by atoms with Crippen LogP contribution in [0.15, 0.2) is 122 Å². The van der Waals surface area contributed by atoms with Crippen LogP contribution in [0, 0.1) is 0 Å². The number of rotatable bonds is 4. The standard InChI is InChI=1S/C31H20N8/c1-5-13-25(37-18-32-22-10-2-6-14-26(22)37)21(9-1)31-35-29(38-19-33-23-11-3-7-15-27(23)38)17-30(36-31)39-20-34-24-12-4-8-16-28(24)39/h1-20H. The van der Waals surface area contributed by atoms with Gasteiger partial charge in [0.1, 0.15) is 30.6 Å². The zero-order valence-corrected chi connectivity index (χ0v) is 20.6. The number of nitrogens with zero attached hydrogens (tertiary/aromatic N) is 8. The van der Waals surface area contributed by atoms with Crippen LogP contribution in [-0.4, -0.2) is 38.6 Å². The molecule has 0 unspecified atom stereocenters. The van der Waals surface area contributed by atoms with Gasteiger partial charge in [-0.3, -0.25) is 13.7 Å². The van der Waals surface area contributed by atoms with Gasteiger partial charge < -0.3 is 0 Å². The predicted molar refractivity (Wildman–Crippen MR) is 151 cm³/mol. The number of aromatic nitrogens is 8. The van der Waals surface area contributed by atoms with Gasteiger partial charge in [0.2, 0.25) is 0 Å². The Labute approximate surface area is 222 Å². The lowest BCUT2D eigenvalue weighted by atomic mass is 10.1. The summed E-state index contributed by atoms with van der Waals surface area (Å²) in [7, 11) is 0. The molecule has 0 aliphatic rings. The molecule has 0 saturated heterocycles. The van der Waals surface area contributed by atoms with Gasteiger partial charge in [0, 0.05) is 11.6 Å². The molecule has 8 rings (SSSR count). The zero-order chi connectivity index (χ0) is 25.8. The number of benzene rings is 4. The first-order valence-corrected chi connectivity index (χ1v) is 12.6. The maximum Gasteiger partial charge on any atom is 0.166 e. The molecule has 0 aliphatic carbocycles. The Morgan fingerprint density at radius 3 is 1.44 bits per heavy atom. The van der Waals surface area contributed by atoms with Gasteiger partial charge in [-0.2, -0.15) is 0 Å². The van der Waals surface area contributed by atoms with E-state index in [4.69, 9.17) is 9.97 Å². The molecule has 4 heterocycles. The normalized spacial score (nSPS) is 11.6. The summed E-state index contributed by atoms with van der Waals surface area (Å²) in [5.74, 6) is 2.02. The van der Waals surface area contributed by atoms with Crippen LogP contribution in [-0.2, 0) is 0 Å². The fraction of sp³-hybridized carbons (Fsp3) is 0. The Balaban J connectivity index is 1.40. The van der Waals surface area contributed by atoms with Crippen molar-refractivity contribution in [1.29, 1.82) is 0 Å². The first-order chi connectivity index (χ1) is 19.3. The summed E-state index contributed by atoms with van der Waals surface area (Å²) in [6.45, 7) is 0. The van der Waals surface area contributed by atoms with Crippen molar-refractivity contribution in [3.8, 4) is 28.7 Å². The van der Waals surface area contributed by atoms with E-state index in [1.165, 1.54) is 0 Å². The minimum atomic E-state index is 0.589. The van der Waals surface area contributed by atoms with Gasteiger partial charge in [-0.05, 0) is 48.5 Å². The summed E-state index contributed by atoms with van der Waals surface area (Å²) in [5, 5.41) is 0. The van der Waals surface area contributed by atoms with Crippen molar-refractivity contribution >= 4 is 33.1 Å². The highest BCUT2D eigenvalue weighted by Crippen LogP contribution is 2.30. The van der Waals surface area contributed by atoms with Crippen molar-refractivity contribution in [2.75, 3.05) is 0 Å². The molecule has 0 radical (unpaired) electrons. The van der Waals surface area contributed by atoms with E-state index in [-0.39, 0.29) is 0 Å². The summed E-state index contributed by atoms with van der Waals surface area (Å²) < 4.78 is 6.08. The zero-order valence-electron chi connectivity index (χ0n) is 20.6. The lowest BCUT2D eigenvalue weighted by Gasteiger charge is -2.14. The maximum atomic E-state index is 5.08. The van der Waals surface area contributed by atoms with Gasteiger partial charge in [0.15, 0.2) is 5.82 Å². The summed E-state index contributed by atoms with van der Waals surface area (Å²) in [6.07, 6.45) is 5.46. The summed E-state index contributed by atoms with van der Waals surface area (Å²) in [6, 6.07) is 34.3. The fourth-order valence-electron chi connectivity index (χ4n) is 5.10. The molecule has 0 aliphatic heterocycles. The molecule has 0 fully saturated rings. The molecule has 8 nitrogen and oxygen atoms in total. The first-order valence-electron chi connectivity index (χ1n) is 12.6. The van der Waals surface area contributed by atoms with Crippen molar-refractivity contribution in [3.63, 3.8) is 0 Å². The molecule has 8 heteroatoms. The van der Waals surface area contributed by atoms with Crippen molar-refractivity contribution in [1.82, 2.24) is 38.6 Å². The SMILES string of the molecule is c1ccc(-n2cnc3ccccc32)c(-c2nc(-n3cnc4ccccc43)cc(-n3cnc4ccccc43)n2)c1. The Morgan fingerprint density at radius 2 is 0.872 bits per heavy atom. The maximum absolute atomic E-state index is 5.08. The van der Waals surface area contributed by atoms with Crippen LogP contribution in [0.3, 0.4) is 0 Å². The Hall–Kier alpha value is -5.63. The number of hydrogen-bond acceptors (Lipinski definition) is 5. The molecule has 0 bridgehead atoms. The van der Waals surface area contributed by atoms with Crippen molar-refractivity contribution in [2.45, 2.75) is 0 Å². The molecule has 0 spiro atoms. The second-order valence-electron chi connectivity index (χ2n) is 9.23. The fourth-order valence-corrected chi connectivity index (χ4v) is 5.10. The minimum Gasteiger partial charge on any atom is -0.298 e. The van der Waals surface area contributed by atoms with Crippen LogP contribution in [0.5, 0.6) is 0 Å². The number of fused-ring (bicyclic) bond motifs is 3. The highest BCUT2D eigenvalue weighted by atomic mass is 15.2. The van der Waals surface area contributed by atoms with Crippen molar-refractivity contribution in [2.24, 2.45) is 0 Å². The van der Waals surface area contributed by atoms with E-state index < -0.39 is 0 Å². The van der Waals surface area contributed by atoms with E-state index in [0.717, 1.165) is 44.4 Å². The number of imidazole rings is 3. The van der Waals surface area contributed by atoms with E-state index in [1.807, 2.05) is 119 Å². The Morgan fingerprint density at radius 1 is 0.436 bits per heavy atom.